The molecule has 0 saturated heterocycles. The first-order chi connectivity index (χ1) is 5.94. The zero-order valence-corrected chi connectivity index (χ0v) is 6.66. The SMILES string of the molecule is Cc1cnc(C(F)(F)C(=O)O)nc1. The van der Waals surface area contributed by atoms with Crippen LogP contribution in [0.4, 0.5) is 8.78 Å². The lowest BCUT2D eigenvalue weighted by atomic mass is 10.3. The number of rotatable bonds is 2. The highest BCUT2D eigenvalue weighted by Crippen LogP contribution is 2.24. The van der Waals surface area contributed by atoms with E-state index in [2.05, 4.69) is 9.97 Å². The molecule has 70 valence electrons. The molecular formula is C7H6F2N2O2. The number of alkyl halides is 2. The van der Waals surface area contributed by atoms with E-state index in [9.17, 15) is 13.6 Å². The number of carboxylic acids is 1. The molecule has 0 aromatic carbocycles. The molecule has 4 nitrogen and oxygen atoms in total. The van der Waals surface area contributed by atoms with Crippen LogP contribution in [0.15, 0.2) is 12.4 Å². The van der Waals surface area contributed by atoms with Crippen molar-refractivity contribution >= 4 is 5.97 Å². The Balaban J connectivity index is 3.08. The molecule has 0 saturated carbocycles. The third-order valence-corrected chi connectivity index (χ3v) is 1.33. The van der Waals surface area contributed by atoms with Crippen LogP contribution in [0.2, 0.25) is 0 Å². The molecule has 1 heterocycles. The van der Waals surface area contributed by atoms with Gasteiger partial charge in [0, 0.05) is 12.4 Å². The van der Waals surface area contributed by atoms with E-state index in [0.717, 1.165) is 12.4 Å². The van der Waals surface area contributed by atoms with Crippen LogP contribution < -0.4 is 0 Å². The van der Waals surface area contributed by atoms with Gasteiger partial charge in [-0.15, -0.1) is 0 Å². The first kappa shape index (κ1) is 9.50. The first-order valence-corrected chi connectivity index (χ1v) is 3.35. The van der Waals surface area contributed by atoms with E-state index in [0.29, 0.717) is 5.56 Å². The Morgan fingerprint density at radius 1 is 1.46 bits per heavy atom. The maximum atomic E-state index is 12.7. The Hall–Kier alpha value is -1.59. The van der Waals surface area contributed by atoms with E-state index in [4.69, 9.17) is 5.11 Å². The number of carbonyl (C=O) groups is 1. The molecule has 1 N–H and O–H groups in total. The number of aliphatic carboxylic acids is 1. The van der Waals surface area contributed by atoms with Crippen LogP contribution in [-0.2, 0) is 10.7 Å². The second-order valence-corrected chi connectivity index (χ2v) is 2.46. The van der Waals surface area contributed by atoms with Gasteiger partial charge in [-0.2, -0.15) is 8.78 Å². The summed E-state index contributed by atoms with van der Waals surface area (Å²) in [4.78, 5) is 16.5. The third-order valence-electron chi connectivity index (χ3n) is 1.33. The first-order valence-electron chi connectivity index (χ1n) is 3.35. The number of carboxylic acid groups (broad SMARTS) is 1. The van der Waals surface area contributed by atoms with Crippen molar-refractivity contribution in [1.82, 2.24) is 9.97 Å². The minimum absolute atomic E-state index is 0.588. The monoisotopic (exact) mass is 188 g/mol. The molecule has 0 radical (unpaired) electrons. The maximum absolute atomic E-state index is 12.7. The van der Waals surface area contributed by atoms with Gasteiger partial charge in [0.05, 0.1) is 0 Å². The molecular weight excluding hydrogens is 182 g/mol. The third kappa shape index (κ3) is 1.77. The molecule has 1 aromatic heterocycles. The van der Waals surface area contributed by atoms with Gasteiger partial charge in [0.2, 0.25) is 5.82 Å². The number of aromatic nitrogens is 2. The predicted molar refractivity (Wildman–Crippen MR) is 38.3 cm³/mol. The predicted octanol–water partition coefficient (Wildman–Crippen LogP) is 0.961. The van der Waals surface area contributed by atoms with Crippen LogP contribution in [0.5, 0.6) is 0 Å². The Morgan fingerprint density at radius 2 is 1.92 bits per heavy atom. The van der Waals surface area contributed by atoms with Gasteiger partial charge in [-0.05, 0) is 12.5 Å². The van der Waals surface area contributed by atoms with Gasteiger partial charge < -0.3 is 5.11 Å². The second-order valence-electron chi connectivity index (χ2n) is 2.46. The van der Waals surface area contributed by atoms with E-state index in [1.54, 1.807) is 6.92 Å². The zero-order valence-electron chi connectivity index (χ0n) is 6.66. The minimum atomic E-state index is -4.02. The van der Waals surface area contributed by atoms with Crippen LogP contribution in [0.25, 0.3) is 0 Å². The molecule has 0 amide bonds. The van der Waals surface area contributed by atoms with E-state index in [1.807, 2.05) is 0 Å². The molecule has 6 heteroatoms. The van der Waals surface area contributed by atoms with Gasteiger partial charge in [0.25, 0.3) is 0 Å². The standard InChI is InChI=1S/C7H6F2N2O2/c1-4-2-10-5(11-3-4)7(8,9)6(12)13/h2-3H,1H3,(H,12,13). The Labute approximate surface area is 72.3 Å². The van der Waals surface area contributed by atoms with Crippen molar-refractivity contribution < 1.29 is 18.7 Å². The van der Waals surface area contributed by atoms with Crippen molar-refractivity contribution in [2.45, 2.75) is 12.8 Å². The number of nitrogens with zero attached hydrogens (tertiary/aromatic N) is 2. The average Bonchev–Trinajstić information content (AvgIpc) is 2.04. The summed E-state index contributed by atoms with van der Waals surface area (Å²) in [6.45, 7) is 1.61. The lowest BCUT2D eigenvalue weighted by molar-refractivity contribution is -0.167. The van der Waals surface area contributed by atoms with E-state index >= 15 is 0 Å². The lowest BCUT2D eigenvalue weighted by Gasteiger charge is -2.08. The van der Waals surface area contributed by atoms with Gasteiger partial charge in [-0.25, -0.2) is 14.8 Å². The Bertz CT molecular complexity index is 324. The van der Waals surface area contributed by atoms with Crippen LogP contribution >= 0.6 is 0 Å². The average molecular weight is 188 g/mol. The maximum Gasteiger partial charge on any atom is 0.400 e. The molecule has 0 spiro atoms. The highest BCUT2D eigenvalue weighted by atomic mass is 19.3. The van der Waals surface area contributed by atoms with Crippen LogP contribution in [0.3, 0.4) is 0 Å². The summed E-state index contributed by atoms with van der Waals surface area (Å²) < 4.78 is 25.4. The van der Waals surface area contributed by atoms with E-state index in [-0.39, 0.29) is 0 Å². The summed E-state index contributed by atoms with van der Waals surface area (Å²) in [7, 11) is 0. The largest absolute Gasteiger partial charge is 0.476 e. The molecule has 0 unspecified atom stereocenters. The summed E-state index contributed by atoms with van der Waals surface area (Å²) in [5.74, 6) is -7.27. The second kappa shape index (κ2) is 3.04. The molecule has 0 aliphatic rings. The topological polar surface area (TPSA) is 63.1 Å². The molecule has 0 atom stereocenters. The molecule has 1 rings (SSSR count). The fourth-order valence-electron chi connectivity index (χ4n) is 0.650. The summed E-state index contributed by atoms with van der Waals surface area (Å²) >= 11 is 0. The highest BCUT2D eigenvalue weighted by Gasteiger charge is 2.44. The summed E-state index contributed by atoms with van der Waals surface area (Å²) in [5.41, 5.74) is 0.588. The van der Waals surface area contributed by atoms with E-state index in [1.165, 1.54) is 0 Å². The van der Waals surface area contributed by atoms with Gasteiger partial charge in [-0.3, -0.25) is 0 Å². The van der Waals surface area contributed by atoms with Crippen molar-refractivity contribution in [3.63, 3.8) is 0 Å². The van der Waals surface area contributed by atoms with Gasteiger partial charge in [0.1, 0.15) is 0 Å². The van der Waals surface area contributed by atoms with Crippen LogP contribution in [0, 0.1) is 6.92 Å². The van der Waals surface area contributed by atoms with E-state index < -0.39 is 17.7 Å². The summed E-state index contributed by atoms with van der Waals surface area (Å²) in [6.07, 6.45) is 2.28. The molecule has 1 aromatic rings. The molecule has 0 bridgehead atoms. The fourth-order valence-corrected chi connectivity index (χ4v) is 0.650. The molecule has 0 aliphatic heterocycles. The van der Waals surface area contributed by atoms with Gasteiger partial charge in [0.15, 0.2) is 0 Å². The van der Waals surface area contributed by atoms with Crippen molar-refractivity contribution in [3.05, 3.63) is 23.8 Å². The Morgan fingerprint density at radius 3 is 2.31 bits per heavy atom. The number of hydrogen-bond donors (Lipinski definition) is 1. The summed E-state index contributed by atoms with van der Waals surface area (Å²) in [6, 6.07) is 0. The van der Waals surface area contributed by atoms with Crippen molar-refractivity contribution in [1.29, 1.82) is 0 Å². The van der Waals surface area contributed by atoms with Crippen LogP contribution in [-0.4, -0.2) is 21.0 Å². The van der Waals surface area contributed by atoms with Crippen molar-refractivity contribution in [3.8, 4) is 0 Å². The quantitative estimate of drug-likeness (QED) is 0.750. The minimum Gasteiger partial charge on any atom is -0.476 e. The summed E-state index contributed by atoms with van der Waals surface area (Å²) in [5, 5.41) is 8.13. The van der Waals surface area contributed by atoms with Crippen LogP contribution in [0.1, 0.15) is 11.4 Å². The molecule has 13 heavy (non-hydrogen) atoms. The Kier molecular flexibility index (Phi) is 2.22. The molecule has 0 aliphatic carbocycles. The lowest BCUT2D eigenvalue weighted by Crippen LogP contribution is -2.27. The normalized spacial score (nSPS) is 11.3. The van der Waals surface area contributed by atoms with Gasteiger partial charge >= 0.3 is 11.9 Å². The van der Waals surface area contributed by atoms with Crippen molar-refractivity contribution in [2.75, 3.05) is 0 Å². The van der Waals surface area contributed by atoms with Crippen molar-refractivity contribution in [2.24, 2.45) is 0 Å². The highest BCUT2D eigenvalue weighted by molar-refractivity contribution is 5.75. The zero-order chi connectivity index (χ0) is 10.1. The number of hydrogen-bond acceptors (Lipinski definition) is 3. The smallest absolute Gasteiger partial charge is 0.400 e. The fraction of sp³-hybridized carbons (Fsp3) is 0.286. The number of halogens is 2. The molecule has 0 fully saturated rings. The van der Waals surface area contributed by atoms with Gasteiger partial charge in [-0.1, -0.05) is 0 Å². The number of aryl methyl sites for hydroxylation is 1.